The molecule has 1 amide bonds. The topological polar surface area (TPSA) is 67.2 Å². The molecule has 0 N–H and O–H groups in total. The number of nitrogens with zero attached hydrogens (tertiary/aromatic N) is 6. The Balaban J connectivity index is 1.18. The van der Waals surface area contributed by atoms with Crippen LogP contribution < -0.4 is 4.90 Å². The first-order valence-corrected chi connectivity index (χ1v) is 14.6. The average molecular weight is 561 g/mol. The average Bonchev–Trinajstić information content (AvgIpc) is 3.76. The van der Waals surface area contributed by atoms with E-state index in [0.717, 1.165) is 34.6 Å². The summed E-state index contributed by atoms with van der Waals surface area (Å²) >= 11 is 0. The standard InChI is InChI=1S/C34H33FN6O/c1-22-8-10-24(11-9-22)20-30-36-32(31-23(2)38-41(33(31)37-30)27-14-12-26(35)13-15-27)39-16-18-40(19-17-39)34(42)29-21-28(29)25-6-4-3-5-7-25/h3-15,28-29H,16-21H2,1-2H3/t28-,29?/m0/s1. The van der Waals surface area contributed by atoms with Crippen molar-refractivity contribution < 1.29 is 9.18 Å². The smallest absolute Gasteiger partial charge is 0.226 e. The van der Waals surface area contributed by atoms with Crippen molar-refractivity contribution in [1.29, 1.82) is 0 Å². The molecule has 2 aromatic heterocycles. The number of anilines is 1. The van der Waals surface area contributed by atoms with Gasteiger partial charge in [-0.05, 0) is 61.6 Å². The summed E-state index contributed by atoms with van der Waals surface area (Å²) < 4.78 is 15.5. The summed E-state index contributed by atoms with van der Waals surface area (Å²) in [6.45, 7) is 6.72. The summed E-state index contributed by atoms with van der Waals surface area (Å²) in [5.41, 5.74) is 5.85. The molecule has 2 aliphatic rings. The molecule has 212 valence electrons. The monoisotopic (exact) mass is 560 g/mol. The molecule has 0 radical (unpaired) electrons. The van der Waals surface area contributed by atoms with Crippen LogP contribution in [0.5, 0.6) is 0 Å². The summed E-state index contributed by atoms with van der Waals surface area (Å²) in [6.07, 6.45) is 1.51. The Morgan fingerprint density at radius 1 is 0.881 bits per heavy atom. The van der Waals surface area contributed by atoms with Crippen LogP contribution in [0, 0.1) is 25.6 Å². The first-order chi connectivity index (χ1) is 20.4. The van der Waals surface area contributed by atoms with E-state index < -0.39 is 0 Å². The molecule has 42 heavy (non-hydrogen) atoms. The summed E-state index contributed by atoms with van der Waals surface area (Å²) in [7, 11) is 0. The van der Waals surface area contributed by atoms with Crippen molar-refractivity contribution in [2.45, 2.75) is 32.6 Å². The predicted molar refractivity (Wildman–Crippen MR) is 161 cm³/mol. The molecule has 0 spiro atoms. The van der Waals surface area contributed by atoms with E-state index in [2.05, 4.69) is 48.2 Å². The van der Waals surface area contributed by atoms with E-state index in [4.69, 9.17) is 15.1 Å². The second kappa shape index (κ2) is 10.7. The third kappa shape index (κ3) is 5.02. The molecule has 1 unspecified atom stereocenters. The number of amides is 1. The minimum absolute atomic E-state index is 0.0852. The lowest BCUT2D eigenvalue weighted by Crippen LogP contribution is -2.49. The molecule has 0 bridgehead atoms. The molecule has 1 aliphatic heterocycles. The van der Waals surface area contributed by atoms with Gasteiger partial charge in [0.2, 0.25) is 5.91 Å². The number of rotatable bonds is 6. The lowest BCUT2D eigenvalue weighted by atomic mass is 10.1. The molecule has 2 fully saturated rings. The van der Waals surface area contributed by atoms with Crippen LogP contribution in [-0.4, -0.2) is 56.7 Å². The van der Waals surface area contributed by atoms with Gasteiger partial charge in [-0.2, -0.15) is 5.10 Å². The number of halogens is 1. The quantitative estimate of drug-likeness (QED) is 0.270. The fourth-order valence-corrected chi connectivity index (χ4v) is 6.07. The normalized spacial score (nSPS) is 18.5. The van der Waals surface area contributed by atoms with Gasteiger partial charge in [-0.25, -0.2) is 19.0 Å². The first kappa shape index (κ1) is 26.3. The maximum absolute atomic E-state index is 13.7. The zero-order chi connectivity index (χ0) is 28.8. The third-order valence-electron chi connectivity index (χ3n) is 8.51. The maximum Gasteiger partial charge on any atom is 0.226 e. The summed E-state index contributed by atoms with van der Waals surface area (Å²) in [5, 5.41) is 5.70. The molecule has 8 heteroatoms. The number of aromatic nitrogens is 4. The Labute approximate surface area is 244 Å². The van der Waals surface area contributed by atoms with Gasteiger partial charge in [0.25, 0.3) is 0 Å². The van der Waals surface area contributed by atoms with E-state index in [1.54, 1.807) is 16.8 Å². The highest BCUT2D eigenvalue weighted by atomic mass is 19.1. The third-order valence-corrected chi connectivity index (χ3v) is 8.51. The molecule has 3 heterocycles. The van der Waals surface area contributed by atoms with Gasteiger partial charge in [0, 0.05) is 38.5 Å². The number of carbonyl (C=O) groups excluding carboxylic acids is 1. The second-order valence-electron chi connectivity index (χ2n) is 11.5. The van der Waals surface area contributed by atoms with Crippen molar-refractivity contribution in [3.8, 4) is 5.69 Å². The lowest BCUT2D eigenvalue weighted by molar-refractivity contribution is -0.133. The highest BCUT2D eigenvalue weighted by Gasteiger charge is 2.46. The fraction of sp³-hybridized carbons (Fsp3) is 0.294. The molecule has 1 aliphatic carbocycles. The van der Waals surface area contributed by atoms with Gasteiger partial charge in [-0.1, -0.05) is 60.2 Å². The van der Waals surface area contributed by atoms with Gasteiger partial charge in [0.1, 0.15) is 17.5 Å². The van der Waals surface area contributed by atoms with Crippen LogP contribution in [0.25, 0.3) is 16.7 Å². The fourth-order valence-electron chi connectivity index (χ4n) is 6.07. The summed E-state index contributed by atoms with van der Waals surface area (Å²) in [5.74, 6) is 1.93. The van der Waals surface area contributed by atoms with Crippen LogP contribution in [0.1, 0.15) is 40.5 Å². The number of aryl methyl sites for hydroxylation is 2. The zero-order valence-electron chi connectivity index (χ0n) is 23.9. The van der Waals surface area contributed by atoms with E-state index in [1.165, 1.54) is 23.3 Å². The molecule has 3 aromatic carbocycles. The number of benzene rings is 3. The van der Waals surface area contributed by atoms with E-state index in [-0.39, 0.29) is 17.6 Å². The molecule has 1 saturated carbocycles. The van der Waals surface area contributed by atoms with E-state index >= 15 is 0 Å². The molecule has 5 aromatic rings. The van der Waals surface area contributed by atoms with Crippen LogP contribution in [0.3, 0.4) is 0 Å². The van der Waals surface area contributed by atoms with Crippen molar-refractivity contribution in [1.82, 2.24) is 24.6 Å². The number of hydrogen-bond donors (Lipinski definition) is 0. The molecular formula is C34H33FN6O. The lowest BCUT2D eigenvalue weighted by Gasteiger charge is -2.36. The van der Waals surface area contributed by atoms with Crippen LogP contribution in [-0.2, 0) is 11.2 Å². The Morgan fingerprint density at radius 2 is 1.60 bits per heavy atom. The Bertz CT molecular complexity index is 1740. The molecule has 7 rings (SSSR count). The van der Waals surface area contributed by atoms with Crippen molar-refractivity contribution in [3.05, 3.63) is 113 Å². The van der Waals surface area contributed by atoms with Crippen LogP contribution in [0.15, 0.2) is 78.9 Å². The summed E-state index contributed by atoms with van der Waals surface area (Å²) in [6, 6.07) is 25.1. The largest absolute Gasteiger partial charge is 0.352 e. The molecule has 1 saturated heterocycles. The summed E-state index contributed by atoms with van der Waals surface area (Å²) in [4.78, 5) is 27.7. The minimum Gasteiger partial charge on any atom is -0.352 e. The van der Waals surface area contributed by atoms with Crippen molar-refractivity contribution in [2.24, 2.45) is 5.92 Å². The zero-order valence-corrected chi connectivity index (χ0v) is 23.9. The van der Waals surface area contributed by atoms with Gasteiger partial charge in [0.05, 0.1) is 16.8 Å². The molecule has 7 nitrogen and oxygen atoms in total. The highest BCUT2D eigenvalue weighted by molar-refractivity contribution is 5.91. The van der Waals surface area contributed by atoms with Crippen molar-refractivity contribution in [2.75, 3.05) is 31.1 Å². The Kier molecular flexibility index (Phi) is 6.69. The molecular weight excluding hydrogens is 527 g/mol. The maximum atomic E-state index is 13.7. The number of hydrogen-bond acceptors (Lipinski definition) is 5. The Morgan fingerprint density at radius 3 is 2.31 bits per heavy atom. The van der Waals surface area contributed by atoms with E-state index in [1.807, 2.05) is 30.0 Å². The van der Waals surface area contributed by atoms with E-state index in [9.17, 15) is 9.18 Å². The second-order valence-corrected chi connectivity index (χ2v) is 11.5. The van der Waals surface area contributed by atoms with Gasteiger partial charge >= 0.3 is 0 Å². The van der Waals surface area contributed by atoms with Crippen LogP contribution in [0.2, 0.25) is 0 Å². The van der Waals surface area contributed by atoms with Crippen molar-refractivity contribution >= 4 is 22.8 Å². The minimum atomic E-state index is -0.295. The molecule has 2 atom stereocenters. The number of fused-ring (bicyclic) bond motifs is 1. The van der Waals surface area contributed by atoms with Crippen LogP contribution in [0.4, 0.5) is 10.2 Å². The predicted octanol–water partition coefficient (Wildman–Crippen LogP) is 5.61. The Hall–Kier alpha value is -4.59. The van der Waals surface area contributed by atoms with Gasteiger partial charge in [-0.3, -0.25) is 4.79 Å². The highest BCUT2D eigenvalue weighted by Crippen LogP contribution is 2.48. The first-order valence-electron chi connectivity index (χ1n) is 14.6. The van der Waals surface area contributed by atoms with Gasteiger partial charge < -0.3 is 9.80 Å². The number of carbonyl (C=O) groups is 1. The van der Waals surface area contributed by atoms with Crippen molar-refractivity contribution in [3.63, 3.8) is 0 Å². The SMILES string of the molecule is Cc1ccc(Cc2nc(N3CCN(C(=O)C4C[C@H]4c4ccccc4)CC3)c3c(C)nn(-c4ccc(F)cc4)c3n2)cc1. The van der Waals surface area contributed by atoms with Gasteiger partial charge in [0.15, 0.2) is 5.65 Å². The van der Waals surface area contributed by atoms with E-state index in [0.29, 0.717) is 50.0 Å². The number of piperazine rings is 1. The van der Waals surface area contributed by atoms with Crippen LogP contribution >= 0.6 is 0 Å². The van der Waals surface area contributed by atoms with Gasteiger partial charge in [-0.15, -0.1) is 0 Å².